The molecule has 24 heavy (non-hydrogen) atoms. The Morgan fingerprint density at radius 2 is 1.83 bits per heavy atom. The molecule has 5 nitrogen and oxygen atoms in total. The number of aromatic nitrogens is 2. The Morgan fingerprint density at radius 3 is 2.54 bits per heavy atom. The summed E-state index contributed by atoms with van der Waals surface area (Å²) in [5, 5.41) is 3.68. The molecule has 0 saturated carbocycles. The van der Waals surface area contributed by atoms with Crippen molar-refractivity contribution < 1.29 is 4.74 Å². The van der Waals surface area contributed by atoms with Crippen LogP contribution in [0.3, 0.4) is 0 Å². The summed E-state index contributed by atoms with van der Waals surface area (Å²) in [6.45, 7) is 3.27. The number of hydrogen-bond donors (Lipinski definition) is 1. The number of aryl methyl sites for hydroxylation is 1. The number of benzene rings is 2. The second-order valence-corrected chi connectivity index (χ2v) is 5.73. The second kappa shape index (κ2) is 6.84. The third-order valence-corrected chi connectivity index (χ3v) is 4.11. The third-order valence-electron chi connectivity index (χ3n) is 4.11. The summed E-state index contributed by atoms with van der Waals surface area (Å²) in [6.07, 6.45) is 0. The summed E-state index contributed by atoms with van der Waals surface area (Å²) < 4.78 is 7.20. The minimum atomic E-state index is -0.0219. The summed E-state index contributed by atoms with van der Waals surface area (Å²) in [5.41, 5.74) is 2.74. The first-order chi connectivity index (χ1) is 11.6. The van der Waals surface area contributed by atoms with Gasteiger partial charge < -0.3 is 10.1 Å². The molecule has 0 fully saturated rings. The number of nitrogens with one attached hydrogen (secondary N) is 1. The molecule has 3 aromatic rings. The number of fused-ring (bicyclic) bond motifs is 1. The lowest BCUT2D eigenvalue weighted by Gasteiger charge is -2.09. The van der Waals surface area contributed by atoms with E-state index in [0.29, 0.717) is 17.8 Å². The van der Waals surface area contributed by atoms with Crippen LogP contribution in [-0.4, -0.2) is 29.8 Å². The molecule has 0 atom stereocenters. The minimum absolute atomic E-state index is 0.0219. The Bertz CT molecular complexity index is 914. The molecule has 0 unspecified atom stereocenters. The van der Waals surface area contributed by atoms with E-state index >= 15 is 0 Å². The van der Waals surface area contributed by atoms with Gasteiger partial charge in [0.15, 0.2) is 0 Å². The Kier molecular flexibility index (Phi) is 4.62. The van der Waals surface area contributed by atoms with Crippen LogP contribution in [0, 0.1) is 6.92 Å². The molecule has 0 spiro atoms. The molecule has 5 heteroatoms. The number of nitrogens with zero attached hydrogens (tertiary/aromatic N) is 2. The largest absolute Gasteiger partial charge is 0.492 e. The Labute approximate surface area is 140 Å². The van der Waals surface area contributed by atoms with E-state index in [1.165, 1.54) is 0 Å². The van der Waals surface area contributed by atoms with Crippen molar-refractivity contribution in [3.8, 4) is 16.9 Å². The second-order valence-electron chi connectivity index (χ2n) is 5.73. The Hall–Kier alpha value is -2.66. The highest BCUT2D eigenvalue weighted by molar-refractivity contribution is 5.83. The number of hydrogen-bond acceptors (Lipinski definition) is 4. The molecular weight excluding hydrogens is 302 g/mol. The molecule has 0 aliphatic carbocycles. The van der Waals surface area contributed by atoms with E-state index in [1.807, 2.05) is 56.4 Å². The van der Waals surface area contributed by atoms with Crippen molar-refractivity contribution in [2.45, 2.75) is 6.92 Å². The van der Waals surface area contributed by atoms with Gasteiger partial charge in [-0.25, -0.2) is 4.98 Å². The predicted octanol–water partition coefficient (Wildman–Crippen LogP) is 2.51. The van der Waals surface area contributed by atoms with E-state index in [2.05, 4.69) is 10.3 Å². The number of likely N-dealkylation sites (N-methyl/N-ethyl adjacent to an activating group) is 1. The molecule has 124 valence electrons. The van der Waals surface area contributed by atoms with Gasteiger partial charge in [0.25, 0.3) is 5.56 Å². The molecule has 3 rings (SSSR count). The fourth-order valence-corrected chi connectivity index (χ4v) is 2.58. The average Bonchev–Trinajstić information content (AvgIpc) is 2.60. The van der Waals surface area contributed by atoms with Crippen LogP contribution in [0.15, 0.2) is 47.3 Å². The molecule has 0 amide bonds. The smallest absolute Gasteiger partial charge is 0.261 e. The van der Waals surface area contributed by atoms with Crippen molar-refractivity contribution in [2.24, 2.45) is 7.05 Å². The summed E-state index contributed by atoms with van der Waals surface area (Å²) in [6, 6.07) is 13.7. The van der Waals surface area contributed by atoms with Gasteiger partial charge in [-0.3, -0.25) is 9.36 Å². The van der Waals surface area contributed by atoms with Gasteiger partial charge in [0.05, 0.1) is 10.9 Å². The number of ether oxygens (including phenoxy) is 1. The van der Waals surface area contributed by atoms with E-state index in [-0.39, 0.29) is 5.56 Å². The van der Waals surface area contributed by atoms with Gasteiger partial charge in [-0.1, -0.05) is 18.2 Å². The maximum absolute atomic E-state index is 12.4. The van der Waals surface area contributed by atoms with Crippen LogP contribution in [0.25, 0.3) is 22.0 Å². The molecule has 1 heterocycles. The summed E-state index contributed by atoms with van der Waals surface area (Å²) >= 11 is 0. The van der Waals surface area contributed by atoms with Gasteiger partial charge in [-0.15, -0.1) is 0 Å². The highest BCUT2D eigenvalue weighted by Crippen LogP contribution is 2.24. The fraction of sp³-hybridized carbons (Fsp3) is 0.263. The first-order valence-electron chi connectivity index (χ1n) is 7.95. The molecule has 0 radical (unpaired) electrons. The quantitative estimate of drug-likeness (QED) is 0.733. The standard InChI is InChI=1S/C19H21N3O2/c1-13-21-18-9-6-15(12-17(18)19(23)22(13)3)14-4-7-16(8-5-14)24-11-10-20-2/h4-9,12,20H,10-11H2,1-3H3. The van der Waals surface area contributed by atoms with Crippen molar-refractivity contribution in [3.05, 3.63) is 58.6 Å². The lowest BCUT2D eigenvalue weighted by atomic mass is 10.0. The molecule has 1 N–H and O–H groups in total. The zero-order valence-electron chi connectivity index (χ0n) is 14.2. The maximum atomic E-state index is 12.4. The highest BCUT2D eigenvalue weighted by atomic mass is 16.5. The van der Waals surface area contributed by atoms with Crippen LogP contribution in [0.1, 0.15) is 5.82 Å². The zero-order valence-corrected chi connectivity index (χ0v) is 14.2. The molecule has 0 aliphatic heterocycles. The Balaban J connectivity index is 1.93. The normalized spacial score (nSPS) is 11.0. The minimum Gasteiger partial charge on any atom is -0.492 e. The molecular formula is C19H21N3O2. The van der Waals surface area contributed by atoms with Crippen molar-refractivity contribution in [2.75, 3.05) is 20.2 Å². The first kappa shape index (κ1) is 16.2. The van der Waals surface area contributed by atoms with Crippen LogP contribution in [0.5, 0.6) is 5.75 Å². The highest BCUT2D eigenvalue weighted by Gasteiger charge is 2.07. The van der Waals surface area contributed by atoms with Crippen molar-refractivity contribution >= 4 is 10.9 Å². The van der Waals surface area contributed by atoms with E-state index in [4.69, 9.17) is 4.74 Å². The van der Waals surface area contributed by atoms with E-state index < -0.39 is 0 Å². The van der Waals surface area contributed by atoms with Gasteiger partial charge in [0, 0.05) is 13.6 Å². The monoisotopic (exact) mass is 323 g/mol. The van der Waals surface area contributed by atoms with Gasteiger partial charge in [0.1, 0.15) is 18.2 Å². The van der Waals surface area contributed by atoms with Gasteiger partial charge in [-0.2, -0.15) is 0 Å². The van der Waals surface area contributed by atoms with Crippen molar-refractivity contribution in [1.82, 2.24) is 14.9 Å². The first-order valence-corrected chi connectivity index (χ1v) is 7.95. The average molecular weight is 323 g/mol. The lowest BCUT2D eigenvalue weighted by molar-refractivity contribution is 0.318. The molecule has 0 saturated heterocycles. The lowest BCUT2D eigenvalue weighted by Crippen LogP contribution is -2.20. The van der Waals surface area contributed by atoms with Crippen LogP contribution in [-0.2, 0) is 7.05 Å². The molecule has 0 aliphatic rings. The van der Waals surface area contributed by atoms with Crippen LogP contribution in [0.2, 0.25) is 0 Å². The Morgan fingerprint density at radius 1 is 1.12 bits per heavy atom. The fourth-order valence-electron chi connectivity index (χ4n) is 2.58. The van der Waals surface area contributed by atoms with E-state index in [0.717, 1.165) is 28.9 Å². The predicted molar refractivity (Wildman–Crippen MR) is 96.6 cm³/mol. The number of rotatable bonds is 5. The zero-order chi connectivity index (χ0) is 17.1. The summed E-state index contributed by atoms with van der Waals surface area (Å²) in [7, 11) is 3.64. The van der Waals surface area contributed by atoms with Crippen molar-refractivity contribution in [3.63, 3.8) is 0 Å². The van der Waals surface area contributed by atoms with Gasteiger partial charge in [0.2, 0.25) is 0 Å². The van der Waals surface area contributed by atoms with Crippen LogP contribution < -0.4 is 15.6 Å². The SMILES string of the molecule is CNCCOc1ccc(-c2ccc3nc(C)n(C)c(=O)c3c2)cc1. The molecule has 2 aromatic carbocycles. The van der Waals surface area contributed by atoms with Crippen LogP contribution in [0.4, 0.5) is 0 Å². The summed E-state index contributed by atoms with van der Waals surface area (Å²) in [5.74, 6) is 1.55. The summed E-state index contributed by atoms with van der Waals surface area (Å²) in [4.78, 5) is 16.9. The van der Waals surface area contributed by atoms with Gasteiger partial charge >= 0.3 is 0 Å². The van der Waals surface area contributed by atoms with Crippen LogP contribution >= 0.6 is 0 Å². The van der Waals surface area contributed by atoms with E-state index in [9.17, 15) is 4.79 Å². The van der Waals surface area contributed by atoms with E-state index in [1.54, 1.807) is 11.6 Å². The third kappa shape index (κ3) is 3.16. The molecule has 0 bridgehead atoms. The topological polar surface area (TPSA) is 56.1 Å². The van der Waals surface area contributed by atoms with Gasteiger partial charge in [-0.05, 0) is 49.4 Å². The maximum Gasteiger partial charge on any atom is 0.261 e. The molecule has 1 aromatic heterocycles. The van der Waals surface area contributed by atoms with Crippen molar-refractivity contribution in [1.29, 1.82) is 0 Å².